The molecule has 8 heteroatoms. The molecule has 1 fully saturated rings. The monoisotopic (exact) mass is 357 g/mol. The Morgan fingerprint density at radius 3 is 2.73 bits per heavy atom. The summed E-state index contributed by atoms with van der Waals surface area (Å²) in [5.74, 6) is 0.767. The molecule has 1 aromatic heterocycles. The van der Waals surface area contributed by atoms with E-state index in [2.05, 4.69) is 20.5 Å². The predicted molar refractivity (Wildman–Crippen MR) is 93.9 cm³/mol. The minimum atomic E-state index is -0.794. The van der Waals surface area contributed by atoms with Crippen LogP contribution in [0.5, 0.6) is 0 Å². The molecule has 1 saturated heterocycles. The van der Waals surface area contributed by atoms with Crippen molar-refractivity contribution in [2.45, 2.75) is 45.5 Å². The third-order valence-electron chi connectivity index (χ3n) is 4.28. The van der Waals surface area contributed by atoms with Gasteiger partial charge in [0.2, 0.25) is 5.91 Å². The average molecular weight is 357 g/mol. The molecule has 2 atom stereocenters. The number of aromatic nitrogens is 3. The maximum absolute atomic E-state index is 12.8. The Morgan fingerprint density at radius 1 is 1.38 bits per heavy atom. The topological polar surface area (TPSA) is 100 Å². The molecule has 2 unspecified atom stereocenters. The summed E-state index contributed by atoms with van der Waals surface area (Å²) >= 11 is 0. The van der Waals surface area contributed by atoms with E-state index >= 15 is 0 Å². The summed E-state index contributed by atoms with van der Waals surface area (Å²) in [6.45, 7) is 5.74. The van der Waals surface area contributed by atoms with Gasteiger partial charge in [-0.15, -0.1) is 0 Å². The Labute approximate surface area is 151 Å². The van der Waals surface area contributed by atoms with Crippen molar-refractivity contribution in [3.05, 3.63) is 47.5 Å². The van der Waals surface area contributed by atoms with E-state index < -0.39 is 12.1 Å². The minimum Gasteiger partial charge on any atom is -0.356 e. The lowest BCUT2D eigenvalue weighted by Gasteiger charge is -2.42. The number of morpholine rings is 1. The van der Waals surface area contributed by atoms with Crippen molar-refractivity contribution in [3.8, 4) is 0 Å². The van der Waals surface area contributed by atoms with Crippen molar-refractivity contribution in [2.24, 2.45) is 0 Å². The molecule has 2 N–H and O–H groups in total. The van der Waals surface area contributed by atoms with E-state index in [0.29, 0.717) is 11.6 Å². The highest BCUT2D eigenvalue weighted by atomic mass is 16.5. The molecule has 0 spiro atoms. The zero-order chi connectivity index (χ0) is 18.7. The fourth-order valence-corrected chi connectivity index (χ4v) is 3.18. The van der Waals surface area contributed by atoms with Crippen molar-refractivity contribution in [2.75, 3.05) is 6.61 Å². The van der Waals surface area contributed by atoms with Crippen molar-refractivity contribution >= 4 is 11.8 Å². The third-order valence-corrected chi connectivity index (χ3v) is 4.28. The Kier molecular flexibility index (Phi) is 5.32. The van der Waals surface area contributed by atoms with Crippen molar-refractivity contribution < 1.29 is 14.3 Å². The van der Waals surface area contributed by atoms with E-state index in [4.69, 9.17) is 4.74 Å². The first-order valence-electron chi connectivity index (χ1n) is 8.60. The number of aryl methyl sites for hydroxylation is 1. The van der Waals surface area contributed by atoms with Crippen LogP contribution in [0.1, 0.15) is 37.1 Å². The number of hydrogen-bond acceptors (Lipinski definition) is 5. The highest BCUT2D eigenvalue weighted by Gasteiger charge is 2.42. The molecule has 0 aliphatic carbocycles. The largest absolute Gasteiger partial charge is 0.356 e. The zero-order valence-corrected chi connectivity index (χ0v) is 15.1. The van der Waals surface area contributed by atoms with Crippen LogP contribution in [-0.4, -0.2) is 50.6 Å². The molecule has 2 heterocycles. The predicted octanol–water partition coefficient (Wildman–Crippen LogP) is 1.11. The second-order valence-corrected chi connectivity index (χ2v) is 6.54. The van der Waals surface area contributed by atoms with E-state index in [9.17, 15) is 9.59 Å². The molecule has 0 saturated carbocycles. The van der Waals surface area contributed by atoms with E-state index in [1.165, 1.54) is 0 Å². The minimum absolute atomic E-state index is 0.0532. The summed E-state index contributed by atoms with van der Waals surface area (Å²) in [5, 5.41) is 9.56. The van der Waals surface area contributed by atoms with Gasteiger partial charge in [0.15, 0.2) is 11.9 Å². The van der Waals surface area contributed by atoms with Crippen molar-refractivity contribution in [3.63, 3.8) is 0 Å². The highest BCUT2D eigenvalue weighted by molar-refractivity contribution is 5.86. The molecule has 0 bridgehead atoms. The number of carbonyl (C=O) groups excluding carboxylic acids is 2. The quantitative estimate of drug-likeness (QED) is 0.835. The van der Waals surface area contributed by atoms with E-state index in [0.717, 1.165) is 5.56 Å². The zero-order valence-electron chi connectivity index (χ0n) is 15.1. The van der Waals surface area contributed by atoms with Gasteiger partial charge < -0.3 is 15.0 Å². The Balaban J connectivity index is 1.82. The van der Waals surface area contributed by atoms with Crippen LogP contribution in [0.2, 0.25) is 0 Å². The van der Waals surface area contributed by atoms with E-state index in [1.54, 1.807) is 11.8 Å². The number of amides is 2. The number of H-pyrrole nitrogens is 1. The van der Waals surface area contributed by atoms with E-state index in [-0.39, 0.29) is 31.0 Å². The van der Waals surface area contributed by atoms with Gasteiger partial charge in [-0.05, 0) is 26.3 Å². The second kappa shape index (κ2) is 7.65. The van der Waals surface area contributed by atoms with Gasteiger partial charge in [-0.3, -0.25) is 14.7 Å². The van der Waals surface area contributed by atoms with Crippen LogP contribution in [0, 0.1) is 6.92 Å². The Hall–Kier alpha value is -2.74. The Bertz CT molecular complexity index is 774. The first-order chi connectivity index (χ1) is 12.5. The van der Waals surface area contributed by atoms with Crippen LogP contribution in [0.4, 0.5) is 0 Å². The number of ether oxygens (including phenoxy) is 1. The lowest BCUT2D eigenvalue weighted by Crippen LogP contribution is -2.56. The molecule has 1 aromatic carbocycles. The molecule has 2 aromatic rings. The SMILES string of the molecule is Cc1nc(CNC(=O)C2OCC(=O)N(C(C)C)C2c2ccccc2)n[nH]1. The maximum atomic E-state index is 12.8. The van der Waals surface area contributed by atoms with Crippen LogP contribution in [0.25, 0.3) is 0 Å². The van der Waals surface area contributed by atoms with Gasteiger partial charge in [0.05, 0.1) is 12.6 Å². The number of benzene rings is 1. The van der Waals surface area contributed by atoms with Crippen LogP contribution in [0.3, 0.4) is 0 Å². The number of nitrogens with one attached hydrogen (secondary N) is 2. The van der Waals surface area contributed by atoms with Gasteiger partial charge in [0.25, 0.3) is 5.91 Å². The second-order valence-electron chi connectivity index (χ2n) is 6.54. The molecule has 2 amide bonds. The van der Waals surface area contributed by atoms with Crippen LogP contribution >= 0.6 is 0 Å². The number of hydrogen-bond donors (Lipinski definition) is 2. The fourth-order valence-electron chi connectivity index (χ4n) is 3.18. The Morgan fingerprint density at radius 2 is 2.12 bits per heavy atom. The van der Waals surface area contributed by atoms with Gasteiger partial charge in [0.1, 0.15) is 12.4 Å². The summed E-state index contributed by atoms with van der Waals surface area (Å²) in [4.78, 5) is 31.1. The van der Waals surface area contributed by atoms with Crippen molar-refractivity contribution in [1.29, 1.82) is 0 Å². The summed E-state index contributed by atoms with van der Waals surface area (Å²) in [6.07, 6.45) is -0.794. The number of carbonyl (C=O) groups is 2. The summed E-state index contributed by atoms with van der Waals surface area (Å²) in [6, 6.07) is 8.95. The molecular weight excluding hydrogens is 334 g/mol. The lowest BCUT2D eigenvalue weighted by atomic mass is 9.96. The number of rotatable bonds is 5. The first-order valence-corrected chi connectivity index (χ1v) is 8.60. The average Bonchev–Trinajstić information content (AvgIpc) is 3.05. The lowest BCUT2D eigenvalue weighted by molar-refractivity contribution is -0.167. The third kappa shape index (κ3) is 3.75. The van der Waals surface area contributed by atoms with Crippen LogP contribution in [0.15, 0.2) is 30.3 Å². The molecular formula is C18H23N5O3. The highest BCUT2D eigenvalue weighted by Crippen LogP contribution is 2.32. The molecule has 26 heavy (non-hydrogen) atoms. The standard InChI is InChI=1S/C18H23N5O3/c1-11(2)23-15(24)10-26-17(16(23)13-7-5-4-6-8-13)18(25)19-9-14-20-12(3)21-22-14/h4-8,11,16-17H,9-10H2,1-3H3,(H,19,25)(H,20,21,22). The maximum Gasteiger partial charge on any atom is 0.252 e. The van der Waals surface area contributed by atoms with Crippen molar-refractivity contribution in [1.82, 2.24) is 25.4 Å². The smallest absolute Gasteiger partial charge is 0.252 e. The summed E-state index contributed by atoms with van der Waals surface area (Å²) in [5.41, 5.74) is 0.864. The van der Waals surface area contributed by atoms with Gasteiger partial charge in [-0.2, -0.15) is 5.10 Å². The van der Waals surface area contributed by atoms with Gasteiger partial charge in [-0.25, -0.2) is 4.98 Å². The summed E-state index contributed by atoms with van der Waals surface area (Å²) < 4.78 is 5.64. The summed E-state index contributed by atoms with van der Waals surface area (Å²) in [7, 11) is 0. The molecule has 1 aliphatic rings. The fraction of sp³-hybridized carbons (Fsp3) is 0.444. The first kappa shape index (κ1) is 18.1. The van der Waals surface area contributed by atoms with Crippen LogP contribution in [-0.2, 0) is 20.9 Å². The van der Waals surface area contributed by atoms with E-state index in [1.807, 2.05) is 44.2 Å². The molecule has 138 valence electrons. The van der Waals surface area contributed by atoms with Gasteiger partial charge in [0, 0.05) is 6.04 Å². The normalized spacial score (nSPS) is 20.5. The van der Waals surface area contributed by atoms with Crippen LogP contribution < -0.4 is 5.32 Å². The molecule has 1 aliphatic heterocycles. The molecule has 8 nitrogen and oxygen atoms in total. The molecule has 3 rings (SSSR count). The van der Waals surface area contributed by atoms with Gasteiger partial charge >= 0.3 is 0 Å². The molecule has 0 radical (unpaired) electrons. The number of aromatic amines is 1. The number of nitrogens with zero attached hydrogens (tertiary/aromatic N) is 3. The van der Waals surface area contributed by atoms with Gasteiger partial charge in [-0.1, -0.05) is 30.3 Å².